The number of fused-ring (bicyclic) bond motifs is 2. The summed E-state index contributed by atoms with van der Waals surface area (Å²) in [5.41, 5.74) is 7.75. The van der Waals surface area contributed by atoms with Gasteiger partial charge in [-0.3, -0.25) is 0 Å². The summed E-state index contributed by atoms with van der Waals surface area (Å²) in [5, 5.41) is 1.99. The standard InChI is InChI=1S/C25H26Cl2/c1-5-15-17-11-7-9-13-19(17)21(23(15)26)25(3,4)22-20-14-10-8-12-18(20)16(6-2)24(22)27/h7-14,21-22H,5-6H2,1-4H3. The van der Waals surface area contributed by atoms with Gasteiger partial charge in [-0.25, -0.2) is 0 Å². The van der Waals surface area contributed by atoms with E-state index in [0.29, 0.717) is 0 Å². The summed E-state index contributed by atoms with van der Waals surface area (Å²) in [6, 6.07) is 17.4. The number of halogens is 2. The number of hydrogen-bond acceptors (Lipinski definition) is 0. The van der Waals surface area contributed by atoms with Crippen molar-refractivity contribution in [1.82, 2.24) is 0 Å². The quantitative estimate of drug-likeness (QED) is 0.486. The summed E-state index contributed by atoms with van der Waals surface area (Å²) in [5.74, 6) is 0.321. The molecule has 2 aromatic carbocycles. The summed E-state index contributed by atoms with van der Waals surface area (Å²) in [7, 11) is 0. The molecule has 0 bridgehead atoms. The van der Waals surface area contributed by atoms with Gasteiger partial charge >= 0.3 is 0 Å². The van der Waals surface area contributed by atoms with Gasteiger partial charge in [-0.1, -0.05) is 99.4 Å². The SMILES string of the molecule is CCC1=C(Cl)C(C(C)(C)C2C(Cl)=C(CC)c3ccccc32)c2ccccc21. The van der Waals surface area contributed by atoms with Gasteiger partial charge < -0.3 is 0 Å². The normalized spacial score (nSPS) is 21.7. The first-order valence-electron chi connectivity index (χ1n) is 9.89. The first-order valence-corrected chi connectivity index (χ1v) is 10.6. The van der Waals surface area contributed by atoms with Gasteiger partial charge in [0.15, 0.2) is 0 Å². The Morgan fingerprint density at radius 2 is 1.07 bits per heavy atom. The molecule has 2 atom stereocenters. The first kappa shape index (κ1) is 18.8. The second-order valence-corrected chi connectivity index (χ2v) is 9.04. The van der Waals surface area contributed by atoms with Gasteiger partial charge in [-0.2, -0.15) is 0 Å². The predicted molar refractivity (Wildman–Crippen MR) is 118 cm³/mol. The Morgan fingerprint density at radius 3 is 1.44 bits per heavy atom. The lowest BCUT2D eigenvalue weighted by Crippen LogP contribution is -2.29. The highest BCUT2D eigenvalue weighted by atomic mass is 35.5. The summed E-state index contributed by atoms with van der Waals surface area (Å²) in [6.45, 7) is 9.04. The Labute approximate surface area is 172 Å². The molecule has 27 heavy (non-hydrogen) atoms. The molecule has 0 spiro atoms. The molecule has 2 aromatic rings. The molecular formula is C25H26Cl2. The number of allylic oxidation sites excluding steroid dienone is 4. The van der Waals surface area contributed by atoms with Gasteiger partial charge in [-0.05, 0) is 51.7 Å². The van der Waals surface area contributed by atoms with E-state index in [1.165, 1.54) is 33.4 Å². The zero-order chi connectivity index (χ0) is 19.3. The van der Waals surface area contributed by atoms with E-state index in [1.54, 1.807) is 0 Å². The molecule has 0 aliphatic heterocycles. The maximum atomic E-state index is 7.04. The first-order chi connectivity index (χ1) is 12.9. The monoisotopic (exact) mass is 396 g/mol. The Morgan fingerprint density at radius 1 is 0.704 bits per heavy atom. The summed E-state index contributed by atoms with van der Waals surface area (Å²) < 4.78 is 0. The Balaban J connectivity index is 1.90. The van der Waals surface area contributed by atoms with E-state index in [-0.39, 0.29) is 17.3 Å². The van der Waals surface area contributed by atoms with Crippen LogP contribution in [0.5, 0.6) is 0 Å². The number of hydrogen-bond donors (Lipinski definition) is 0. The third-order valence-electron chi connectivity index (χ3n) is 6.47. The second kappa shape index (κ2) is 6.83. The van der Waals surface area contributed by atoms with Crippen LogP contribution in [0.15, 0.2) is 58.6 Å². The van der Waals surface area contributed by atoms with E-state index in [0.717, 1.165) is 22.9 Å². The van der Waals surface area contributed by atoms with E-state index in [4.69, 9.17) is 23.2 Å². The predicted octanol–water partition coefficient (Wildman–Crippen LogP) is 8.33. The minimum absolute atomic E-state index is 0.131. The van der Waals surface area contributed by atoms with E-state index < -0.39 is 0 Å². The maximum Gasteiger partial charge on any atom is 0.0299 e. The largest absolute Gasteiger partial charge is 0.0881 e. The molecule has 2 heteroatoms. The van der Waals surface area contributed by atoms with Gasteiger partial charge in [0.05, 0.1) is 0 Å². The van der Waals surface area contributed by atoms with Gasteiger partial charge in [0.25, 0.3) is 0 Å². The van der Waals surface area contributed by atoms with E-state index in [9.17, 15) is 0 Å². The smallest absolute Gasteiger partial charge is 0.0299 e. The molecule has 0 amide bonds. The van der Waals surface area contributed by atoms with Crippen molar-refractivity contribution in [2.75, 3.05) is 0 Å². The van der Waals surface area contributed by atoms with Gasteiger partial charge in [-0.15, -0.1) is 0 Å². The van der Waals surface area contributed by atoms with Crippen molar-refractivity contribution in [3.8, 4) is 0 Å². The molecule has 0 N–H and O–H groups in total. The third-order valence-corrected chi connectivity index (χ3v) is 7.37. The van der Waals surface area contributed by atoms with Crippen LogP contribution in [-0.4, -0.2) is 0 Å². The highest BCUT2D eigenvalue weighted by Gasteiger charge is 2.48. The molecule has 0 saturated carbocycles. The van der Waals surface area contributed by atoms with E-state index in [1.807, 2.05) is 0 Å². The van der Waals surface area contributed by atoms with Crippen LogP contribution in [0.2, 0.25) is 0 Å². The lowest BCUT2D eigenvalue weighted by atomic mass is 9.66. The molecule has 0 saturated heterocycles. The number of benzene rings is 2. The lowest BCUT2D eigenvalue weighted by Gasteiger charge is -2.39. The minimum Gasteiger partial charge on any atom is -0.0881 e. The molecule has 2 unspecified atom stereocenters. The van der Waals surface area contributed by atoms with Crippen LogP contribution in [0.25, 0.3) is 11.1 Å². The maximum absolute atomic E-state index is 7.04. The van der Waals surface area contributed by atoms with Crippen LogP contribution in [0.1, 0.15) is 74.6 Å². The number of rotatable bonds is 4. The summed E-state index contributed by atoms with van der Waals surface area (Å²) in [4.78, 5) is 0. The van der Waals surface area contributed by atoms with Crippen LogP contribution in [0.4, 0.5) is 0 Å². The Kier molecular flexibility index (Phi) is 4.77. The van der Waals surface area contributed by atoms with Crippen molar-refractivity contribution in [1.29, 1.82) is 0 Å². The van der Waals surface area contributed by atoms with Gasteiger partial charge in [0.1, 0.15) is 0 Å². The third kappa shape index (κ3) is 2.64. The Bertz CT molecular complexity index is 884. The second-order valence-electron chi connectivity index (χ2n) is 8.22. The lowest BCUT2D eigenvalue weighted by molar-refractivity contribution is 0.285. The van der Waals surface area contributed by atoms with Crippen molar-refractivity contribution in [3.05, 3.63) is 80.8 Å². The average Bonchev–Trinajstić information content (AvgIpc) is 3.11. The van der Waals surface area contributed by atoms with Crippen LogP contribution in [0, 0.1) is 5.41 Å². The van der Waals surface area contributed by atoms with Crippen molar-refractivity contribution in [3.63, 3.8) is 0 Å². The van der Waals surface area contributed by atoms with Crippen LogP contribution < -0.4 is 0 Å². The Hall–Kier alpha value is -1.50. The zero-order valence-electron chi connectivity index (χ0n) is 16.4. The molecule has 140 valence electrons. The van der Waals surface area contributed by atoms with Gasteiger partial charge in [0.2, 0.25) is 0 Å². The molecule has 0 radical (unpaired) electrons. The molecule has 0 aromatic heterocycles. The van der Waals surface area contributed by atoms with Crippen molar-refractivity contribution >= 4 is 34.3 Å². The fourth-order valence-corrected chi connectivity index (χ4v) is 6.53. The topological polar surface area (TPSA) is 0 Å². The van der Waals surface area contributed by atoms with Crippen molar-refractivity contribution < 1.29 is 0 Å². The molecule has 0 heterocycles. The van der Waals surface area contributed by atoms with Crippen molar-refractivity contribution in [2.24, 2.45) is 5.41 Å². The molecule has 2 aliphatic rings. The summed E-state index contributed by atoms with van der Waals surface area (Å²) >= 11 is 14.1. The van der Waals surface area contributed by atoms with Crippen LogP contribution >= 0.6 is 23.2 Å². The van der Waals surface area contributed by atoms with Gasteiger partial charge in [0, 0.05) is 21.9 Å². The molecule has 4 rings (SSSR count). The average molecular weight is 397 g/mol. The van der Waals surface area contributed by atoms with Crippen LogP contribution in [0.3, 0.4) is 0 Å². The van der Waals surface area contributed by atoms with Crippen molar-refractivity contribution in [2.45, 2.75) is 52.4 Å². The molecule has 2 aliphatic carbocycles. The summed E-state index contributed by atoms with van der Waals surface area (Å²) in [6.07, 6.45) is 1.90. The fraction of sp³-hybridized carbons (Fsp3) is 0.360. The fourth-order valence-electron chi connectivity index (χ4n) is 5.27. The highest BCUT2D eigenvalue weighted by Crippen LogP contribution is 2.62. The minimum atomic E-state index is -0.131. The molecular weight excluding hydrogens is 371 g/mol. The van der Waals surface area contributed by atoms with E-state index >= 15 is 0 Å². The zero-order valence-corrected chi connectivity index (χ0v) is 18.0. The molecule has 0 nitrogen and oxygen atoms in total. The molecule has 0 fully saturated rings. The van der Waals surface area contributed by atoms with E-state index in [2.05, 4.69) is 76.2 Å². The highest BCUT2D eigenvalue weighted by molar-refractivity contribution is 6.35. The van der Waals surface area contributed by atoms with Crippen LogP contribution in [-0.2, 0) is 0 Å².